The van der Waals surface area contributed by atoms with Gasteiger partial charge in [0.1, 0.15) is 6.54 Å². The van der Waals surface area contributed by atoms with Crippen molar-refractivity contribution in [2.45, 2.75) is 103 Å². The van der Waals surface area contributed by atoms with Crippen LogP contribution in [-0.2, 0) is 13.9 Å². The van der Waals surface area contributed by atoms with Gasteiger partial charge in [0.25, 0.3) is 7.82 Å². The van der Waals surface area contributed by atoms with Crippen molar-refractivity contribution >= 4 is 13.6 Å². The Morgan fingerprint density at radius 3 is 1.64 bits per heavy atom. The van der Waals surface area contributed by atoms with Gasteiger partial charge < -0.3 is 18.8 Å². The Morgan fingerprint density at radius 2 is 1.29 bits per heavy atom. The Kier molecular flexibility index (Phi) is 15.4. The van der Waals surface area contributed by atoms with E-state index >= 15 is 0 Å². The summed E-state index contributed by atoms with van der Waals surface area (Å²) in [6.45, 7) is 2.46. The number of carbonyl (C=O) groups excluding carboxylic acids is 1. The minimum absolute atomic E-state index is 0.212. The number of unbranched alkanes of at least 4 members (excludes halogenated alkanes) is 12. The average Bonchev–Trinajstić information content (AvgIpc) is 2.55. The van der Waals surface area contributed by atoms with Gasteiger partial charge in [-0.1, -0.05) is 84.0 Å². The van der Waals surface area contributed by atoms with Gasteiger partial charge in [-0.2, -0.15) is 0 Å². The summed E-state index contributed by atoms with van der Waals surface area (Å²) in [5, 5.41) is 0. The van der Waals surface area contributed by atoms with Gasteiger partial charge >= 0.3 is 0 Å². The second-order valence-electron chi connectivity index (χ2n) is 8.99. The van der Waals surface area contributed by atoms with Crippen LogP contribution in [-0.4, -0.2) is 49.0 Å². The number of likely N-dealkylation sites (N-methyl/N-ethyl adjacent to an activating group) is 1. The topological polar surface area (TPSA) is 86.7 Å². The second kappa shape index (κ2) is 15.6. The highest BCUT2D eigenvalue weighted by Crippen LogP contribution is 2.33. The predicted molar refractivity (Wildman–Crippen MR) is 113 cm³/mol. The SMILES string of the molecule is CCCCCCCCCCCCCCCC(=O)C(C[N+](C)(C)C)OP(=O)([O-])O. The number of hydrogen-bond donors (Lipinski definition) is 1. The summed E-state index contributed by atoms with van der Waals surface area (Å²) < 4.78 is 16.0. The third-order valence-electron chi connectivity index (χ3n) is 4.86. The largest absolute Gasteiger partial charge is 0.756 e. The molecule has 0 saturated carbocycles. The minimum Gasteiger partial charge on any atom is -0.756 e. The highest BCUT2D eigenvalue weighted by atomic mass is 31.2. The molecule has 0 radical (unpaired) electrons. The number of ketones is 1. The normalized spacial score (nSPS) is 15.4. The standard InChI is InChI=1S/C21H44NO5P/c1-5-6-7-8-9-10-11-12-13-14-15-16-17-18-20(23)21(19-22(2,3)4)27-28(24,25)26/h21H,5-19H2,1-4H3,(H-,24,25,26). The molecular weight excluding hydrogens is 377 g/mol. The van der Waals surface area contributed by atoms with Gasteiger partial charge in [0.05, 0.1) is 21.1 Å². The first kappa shape index (κ1) is 27.7. The van der Waals surface area contributed by atoms with Crippen LogP contribution in [0.1, 0.15) is 96.8 Å². The zero-order valence-electron chi connectivity index (χ0n) is 18.7. The third-order valence-corrected chi connectivity index (χ3v) is 5.38. The van der Waals surface area contributed by atoms with Crippen molar-refractivity contribution < 1.29 is 28.2 Å². The first-order valence-electron chi connectivity index (χ1n) is 11.1. The van der Waals surface area contributed by atoms with Gasteiger partial charge in [0.2, 0.25) is 0 Å². The van der Waals surface area contributed by atoms with E-state index in [0.717, 1.165) is 19.3 Å². The molecular formula is C21H44NO5P. The van der Waals surface area contributed by atoms with E-state index in [-0.39, 0.29) is 12.3 Å². The zero-order valence-corrected chi connectivity index (χ0v) is 19.6. The Morgan fingerprint density at radius 1 is 0.893 bits per heavy atom. The number of phosphoric ester groups is 1. The van der Waals surface area contributed by atoms with E-state index < -0.39 is 13.9 Å². The fourth-order valence-electron chi connectivity index (χ4n) is 3.33. The van der Waals surface area contributed by atoms with Gasteiger partial charge in [-0.3, -0.25) is 9.36 Å². The van der Waals surface area contributed by atoms with Crippen LogP contribution in [0.25, 0.3) is 0 Å². The maximum atomic E-state index is 12.3. The molecule has 0 spiro atoms. The number of quaternary nitrogens is 1. The first-order chi connectivity index (χ1) is 13.0. The van der Waals surface area contributed by atoms with Crippen LogP contribution in [0, 0.1) is 0 Å². The molecule has 0 aromatic rings. The lowest BCUT2D eigenvalue weighted by Gasteiger charge is -2.30. The number of nitrogens with zero attached hydrogens (tertiary/aromatic N) is 1. The molecule has 0 aromatic heterocycles. The molecule has 6 nitrogen and oxygen atoms in total. The Hall–Kier alpha value is -0.260. The number of rotatable bonds is 19. The van der Waals surface area contributed by atoms with Gasteiger partial charge in [-0.05, 0) is 6.42 Å². The van der Waals surface area contributed by atoms with E-state index in [9.17, 15) is 14.3 Å². The molecule has 1 N–H and O–H groups in total. The molecule has 0 rings (SSSR count). The molecule has 0 saturated heterocycles. The molecule has 168 valence electrons. The summed E-state index contributed by atoms with van der Waals surface area (Å²) >= 11 is 0. The smallest absolute Gasteiger partial charge is 0.266 e. The molecule has 0 amide bonds. The molecule has 7 heteroatoms. The average molecular weight is 422 g/mol. The molecule has 0 heterocycles. The lowest BCUT2D eigenvalue weighted by atomic mass is 10.0. The lowest BCUT2D eigenvalue weighted by molar-refractivity contribution is -0.872. The van der Waals surface area contributed by atoms with E-state index in [4.69, 9.17) is 4.89 Å². The van der Waals surface area contributed by atoms with Crippen molar-refractivity contribution in [3.63, 3.8) is 0 Å². The fourth-order valence-corrected chi connectivity index (χ4v) is 3.84. The molecule has 2 unspecified atom stereocenters. The van der Waals surface area contributed by atoms with Gasteiger partial charge in [-0.25, -0.2) is 0 Å². The minimum atomic E-state index is -4.91. The Labute approximate surface area is 172 Å². The maximum absolute atomic E-state index is 12.3. The monoisotopic (exact) mass is 421 g/mol. The Bertz CT molecular complexity index is 445. The molecule has 0 aliphatic carbocycles. The molecule has 0 fully saturated rings. The van der Waals surface area contributed by atoms with Gasteiger partial charge in [-0.15, -0.1) is 0 Å². The van der Waals surface area contributed by atoms with Gasteiger partial charge in [0.15, 0.2) is 11.9 Å². The van der Waals surface area contributed by atoms with Crippen molar-refractivity contribution in [3.05, 3.63) is 0 Å². The summed E-state index contributed by atoms with van der Waals surface area (Å²) in [7, 11) is 0.633. The van der Waals surface area contributed by atoms with Crippen LogP contribution in [0.5, 0.6) is 0 Å². The van der Waals surface area contributed by atoms with Crippen LogP contribution >= 0.6 is 7.82 Å². The van der Waals surface area contributed by atoms with E-state index in [0.29, 0.717) is 10.9 Å². The summed E-state index contributed by atoms with van der Waals surface area (Å²) in [5.41, 5.74) is 0. The highest BCUT2D eigenvalue weighted by Gasteiger charge is 2.28. The van der Waals surface area contributed by atoms with Crippen LogP contribution in [0.3, 0.4) is 0 Å². The second-order valence-corrected chi connectivity index (χ2v) is 10.1. The zero-order chi connectivity index (χ0) is 21.5. The van der Waals surface area contributed by atoms with Gasteiger partial charge in [0, 0.05) is 6.42 Å². The first-order valence-corrected chi connectivity index (χ1v) is 12.6. The Balaban J connectivity index is 3.79. The van der Waals surface area contributed by atoms with Crippen molar-refractivity contribution in [2.75, 3.05) is 27.7 Å². The summed E-state index contributed by atoms with van der Waals surface area (Å²) in [4.78, 5) is 32.3. The third kappa shape index (κ3) is 19.1. The van der Waals surface area contributed by atoms with E-state index in [1.165, 1.54) is 64.2 Å². The summed E-state index contributed by atoms with van der Waals surface area (Å²) in [6.07, 6.45) is 15.2. The van der Waals surface area contributed by atoms with Crippen molar-refractivity contribution in [2.24, 2.45) is 0 Å². The van der Waals surface area contributed by atoms with E-state index in [1.807, 2.05) is 21.1 Å². The van der Waals surface area contributed by atoms with E-state index in [2.05, 4.69) is 11.4 Å². The summed E-state index contributed by atoms with van der Waals surface area (Å²) in [6, 6.07) is 0. The van der Waals surface area contributed by atoms with Crippen molar-refractivity contribution in [3.8, 4) is 0 Å². The number of Topliss-reactive ketones (excluding diaryl/α,β-unsaturated/α-hetero) is 1. The van der Waals surface area contributed by atoms with Crippen LogP contribution in [0.2, 0.25) is 0 Å². The fraction of sp³-hybridized carbons (Fsp3) is 0.952. The van der Waals surface area contributed by atoms with Crippen molar-refractivity contribution in [1.82, 2.24) is 0 Å². The molecule has 0 aliphatic heterocycles. The van der Waals surface area contributed by atoms with Crippen LogP contribution in [0.4, 0.5) is 0 Å². The molecule has 28 heavy (non-hydrogen) atoms. The quantitative estimate of drug-likeness (QED) is 0.187. The van der Waals surface area contributed by atoms with E-state index in [1.54, 1.807) is 0 Å². The predicted octanol–water partition coefficient (Wildman–Crippen LogP) is 4.59. The number of hydrogen-bond acceptors (Lipinski definition) is 4. The molecule has 0 aliphatic rings. The molecule has 0 aromatic carbocycles. The van der Waals surface area contributed by atoms with Crippen LogP contribution < -0.4 is 4.89 Å². The molecule has 2 atom stereocenters. The summed E-state index contributed by atoms with van der Waals surface area (Å²) in [5.74, 6) is -0.249. The lowest BCUT2D eigenvalue weighted by Crippen LogP contribution is -2.45. The highest BCUT2D eigenvalue weighted by molar-refractivity contribution is 7.44. The van der Waals surface area contributed by atoms with Crippen LogP contribution in [0.15, 0.2) is 0 Å². The van der Waals surface area contributed by atoms with Crippen molar-refractivity contribution in [1.29, 1.82) is 0 Å². The maximum Gasteiger partial charge on any atom is 0.266 e. The number of carbonyl (C=O) groups is 1. The number of phosphoric acid groups is 1. The molecule has 0 bridgehead atoms.